The van der Waals surface area contributed by atoms with Gasteiger partial charge in [-0.15, -0.1) is 11.8 Å². The second-order valence-electron chi connectivity index (χ2n) is 6.87. The zero-order valence-electron chi connectivity index (χ0n) is 16.7. The molecule has 31 heavy (non-hydrogen) atoms. The summed E-state index contributed by atoms with van der Waals surface area (Å²) in [5.41, 5.74) is 2.60. The van der Waals surface area contributed by atoms with E-state index in [1.165, 1.54) is 11.8 Å². The third-order valence-electron chi connectivity index (χ3n) is 4.53. The van der Waals surface area contributed by atoms with Gasteiger partial charge in [-0.2, -0.15) is 0 Å². The van der Waals surface area contributed by atoms with Gasteiger partial charge in [-0.25, -0.2) is 0 Å². The van der Waals surface area contributed by atoms with Crippen LogP contribution in [0.5, 0.6) is 0 Å². The number of para-hydroxylation sites is 1. The highest BCUT2D eigenvalue weighted by Gasteiger charge is 2.06. The van der Waals surface area contributed by atoms with Crippen molar-refractivity contribution in [3.63, 3.8) is 0 Å². The first-order valence-corrected chi connectivity index (χ1v) is 11.2. The largest absolute Gasteiger partial charge is 0.332 e. The first-order chi connectivity index (χ1) is 15.2. The molecule has 4 aromatic rings. The monoisotopic (exact) mass is 443 g/mol. The molecular weight excluding hydrogens is 422 g/mol. The molecule has 3 N–H and O–H groups in total. The van der Waals surface area contributed by atoms with E-state index in [0.717, 1.165) is 32.7 Å². The lowest BCUT2D eigenvalue weighted by atomic mass is 10.1. The van der Waals surface area contributed by atoms with Crippen LogP contribution in [0.15, 0.2) is 102 Å². The Kier molecular flexibility index (Phi) is 6.82. The van der Waals surface area contributed by atoms with Gasteiger partial charge in [0.2, 0.25) is 5.91 Å². The molecule has 4 rings (SSSR count). The fraction of sp³-hybridized carbons (Fsp3) is 0.0400. The number of hydrogen-bond acceptors (Lipinski definition) is 3. The van der Waals surface area contributed by atoms with Crippen LogP contribution in [-0.4, -0.2) is 16.8 Å². The van der Waals surface area contributed by atoms with E-state index in [2.05, 4.69) is 22.0 Å². The smallest absolute Gasteiger partial charge is 0.234 e. The molecule has 0 aliphatic heterocycles. The van der Waals surface area contributed by atoms with E-state index in [9.17, 15) is 4.79 Å². The average Bonchev–Trinajstić information content (AvgIpc) is 2.78. The summed E-state index contributed by atoms with van der Waals surface area (Å²) in [5, 5.41) is 12.1. The maximum atomic E-state index is 12.4. The van der Waals surface area contributed by atoms with Crippen molar-refractivity contribution in [1.29, 1.82) is 0 Å². The number of thioether (sulfide) groups is 1. The first kappa shape index (κ1) is 20.9. The topological polar surface area (TPSA) is 53.2 Å². The van der Waals surface area contributed by atoms with Crippen LogP contribution in [0.3, 0.4) is 0 Å². The van der Waals surface area contributed by atoms with Gasteiger partial charge in [0.15, 0.2) is 5.11 Å². The quantitative estimate of drug-likeness (QED) is 0.238. The van der Waals surface area contributed by atoms with Gasteiger partial charge < -0.3 is 16.0 Å². The van der Waals surface area contributed by atoms with E-state index in [1.54, 1.807) is 0 Å². The number of benzene rings is 4. The summed E-state index contributed by atoms with van der Waals surface area (Å²) in [5.74, 6) is 0.281. The van der Waals surface area contributed by atoms with Crippen LogP contribution in [0.1, 0.15) is 0 Å². The Morgan fingerprint density at radius 1 is 0.677 bits per heavy atom. The summed E-state index contributed by atoms with van der Waals surface area (Å²) in [4.78, 5) is 13.4. The number of nitrogens with one attached hydrogen (secondary N) is 3. The molecule has 4 nitrogen and oxygen atoms in total. The molecule has 0 saturated carbocycles. The van der Waals surface area contributed by atoms with Crippen molar-refractivity contribution in [2.75, 3.05) is 21.7 Å². The predicted octanol–water partition coefficient (Wildman–Crippen LogP) is 6.38. The fourth-order valence-electron chi connectivity index (χ4n) is 3.09. The maximum Gasteiger partial charge on any atom is 0.234 e. The SMILES string of the molecule is O=C(CSc1cccc(NC(=S)Nc2ccccc2)c1)Nc1ccc2ccccc2c1. The van der Waals surface area contributed by atoms with Gasteiger partial charge in [0.25, 0.3) is 0 Å². The number of carbonyl (C=O) groups excluding carboxylic acids is 1. The van der Waals surface area contributed by atoms with Crippen molar-refractivity contribution in [2.45, 2.75) is 4.90 Å². The molecule has 0 spiro atoms. The molecule has 0 heterocycles. The van der Waals surface area contributed by atoms with Crippen LogP contribution in [0.4, 0.5) is 17.1 Å². The molecular formula is C25H21N3OS2. The van der Waals surface area contributed by atoms with Gasteiger partial charge >= 0.3 is 0 Å². The third-order valence-corrected chi connectivity index (χ3v) is 5.72. The lowest BCUT2D eigenvalue weighted by Crippen LogP contribution is -2.19. The molecule has 0 aromatic heterocycles. The molecule has 6 heteroatoms. The summed E-state index contributed by atoms with van der Waals surface area (Å²) in [6, 6.07) is 31.6. The van der Waals surface area contributed by atoms with Gasteiger partial charge in [0.1, 0.15) is 0 Å². The number of hydrogen-bond donors (Lipinski definition) is 3. The number of anilines is 3. The van der Waals surface area contributed by atoms with Crippen molar-refractivity contribution in [2.24, 2.45) is 0 Å². The molecule has 0 atom stereocenters. The molecule has 0 radical (unpaired) electrons. The van der Waals surface area contributed by atoms with Crippen molar-refractivity contribution >= 4 is 62.8 Å². The molecule has 154 valence electrons. The molecule has 0 unspecified atom stereocenters. The molecule has 4 aromatic carbocycles. The van der Waals surface area contributed by atoms with Gasteiger partial charge in [-0.3, -0.25) is 4.79 Å². The van der Waals surface area contributed by atoms with E-state index >= 15 is 0 Å². The lowest BCUT2D eigenvalue weighted by Gasteiger charge is -2.11. The second kappa shape index (κ2) is 10.1. The molecule has 1 amide bonds. The van der Waals surface area contributed by atoms with E-state index in [-0.39, 0.29) is 5.91 Å². The predicted molar refractivity (Wildman–Crippen MR) is 136 cm³/mol. The summed E-state index contributed by atoms with van der Waals surface area (Å²) in [7, 11) is 0. The summed E-state index contributed by atoms with van der Waals surface area (Å²) >= 11 is 6.86. The third kappa shape index (κ3) is 6.07. The van der Waals surface area contributed by atoms with E-state index in [0.29, 0.717) is 10.9 Å². The van der Waals surface area contributed by atoms with E-state index in [1.807, 2.05) is 91.0 Å². The van der Waals surface area contributed by atoms with Gasteiger partial charge in [0, 0.05) is 22.0 Å². The fourth-order valence-corrected chi connectivity index (χ4v) is 4.08. The van der Waals surface area contributed by atoms with Crippen LogP contribution in [-0.2, 0) is 4.79 Å². The van der Waals surface area contributed by atoms with Gasteiger partial charge in [-0.05, 0) is 65.5 Å². The van der Waals surface area contributed by atoms with E-state index in [4.69, 9.17) is 12.2 Å². The van der Waals surface area contributed by atoms with Gasteiger partial charge in [-0.1, -0.05) is 54.6 Å². The number of carbonyl (C=O) groups is 1. The van der Waals surface area contributed by atoms with Crippen molar-refractivity contribution in [3.05, 3.63) is 97.1 Å². The first-order valence-electron chi connectivity index (χ1n) is 9.80. The Hall–Kier alpha value is -3.35. The Morgan fingerprint density at radius 2 is 1.35 bits per heavy atom. The highest BCUT2D eigenvalue weighted by Crippen LogP contribution is 2.23. The van der Waals surface area contributed by atoms with Gasteiger partial charge in [0.05, 0.1) is 5.75 Å². The Bertz CT molecular complexity index is 1210. The minimum Gasteiger partial charge on any atom is -0.332 e. The van der Waals surface area contributed by atoms with Crippen molar-refractivity contribution in [3.8, 4) is 0 Å². The summed E-state index contributed by atoms with van der Waals surface area (Å²) in [6.07, 6.45) is 0. The Labute approximate surface area is 191 Å². The second-order valence-corrected chi connectivity index (χ2v) is 8.33. The Morgan fingerprint density at radius 3 is 2.19 bits per heavy atom. The normalized spacial score (nSPS) is 10.5. The van der Waals surface area contributed by atoms with Crippen LogP contribution >= 0.6 is 24.0 Å². The number of thiocarbonyl (C=S) groups is 1. The number of rotatable bonds is 6. The zero-order chi connectivity index (χ0) is 21.5. The van der Waals surface area contributed by atoms with Crippen LogP contribution in [0.25, 0.3) is 10.8 Å². The molecule has 0 saturated heterocycles. The van der Waals surface area contributed by atoms with Crippen LogP contribution in [0.2, 0.25) is 0 Å². The Balaban J connectivity index is 1.31. The molecule has 0 bridgehead atoms. The molecule has 0 aliphatic carbocycles. The summed E-state index contributed by atoms with van der Waals surface area (Å²) < 4.78 is 0. The number of fused-ring (bicyclic) bond motifs is 1. The van der Waals surface area contributed by atoms with Crippen molar-refractivity contribution in [1.82, 2.24) is 0 Å². The highest BCUT2D eigenvalue weighted by molar-refractivity contribution is 8.00. The number of amides is 1. The minimum atomic E-state index is -0.0418. The minimum absolute atomic E-state index is 0.0418. The van der Waals surface area contributed by atoms with Crippen LogP contribution < -0.4 is 16.0 Å². The maximum absolute atomic E-state index is 12.4. The lowest BCUT2D eigenvalue weighted by molar-refractivity contribution is -0.113. The van der Waals surface area contributed by atoms with Crippen LogP contribution in [0, 0.1) is 0 Å². The molecule has 0 aliphatic rings. The zero-order valence-corrected chi connectivity index (χ0v) is 18.3. The average molecular weight is 444 g/mol. The standard InChI is InChI=1S/C25H21N3OS2/c29-24(26-22-14-13-18-7-4-5-8-19(18)15-22)17-31-23-12-6-11-21(16-23)28-25(30)27-20-9-2-1-3-10-20/h1-16H,17H2,(H,26,29)(H2,27,28,30). The van der Waals surface area contributed by atoms with Crippen molar-refractivity contribution < 1.29 is 4.79 Å². The molecule has 0 fully saturated rings. The van der Waals surface area contributed by atoms with E-state index < -0.39 is 0 Å². The summed E-state index contributed by atoms with van der Waals surface area (Å²) in [6.45, 7) is 0. The highest BCUT2D eigenvalue weighted by atomic mass is 32.2.